The maximum Gasteiger partial charge on any atom is 0.244 e. The monoisotopic (exact) mass is 286 g/mol. The van der Waals surface area contributed by atoms with Gasteiger partial charge in [0.2, 0.25) is 15.9 Å². The van der Waals surface area contributed by atoms with Crippen LogP contribution in [0.1, 0.15) is 19.3 Å². The van der Waals surface area contributed by atoms with Crippen LogP contribution >= 0.6 is 0 Å². The topological polar surface area (TPSA) is 84.3 Å². The zero-order valence-corrected chi connectivity index (χ0v) is 11.9. The van der Waals surface area contributed by atoms with Crippen LogP contribution in [0.5, 0.6) is 0 Å². The molecule has 1 fully saturated rings. The molecule has 1 saturated heterocycles. The van der Waals surface area contributed by atoms with E-state index in [-0.39, 0.29) is 5.91 Å². The van der Waals surface area contributed by atoms with Crippen LogP contribution < -0.4 is 5.32 Å². The average Bonchev–Trinajstić information content (AvgIpc) is 2.73. The molecule has 0 bridgehead atoms. The Balaban J connectivity index is 2.12. The first-order chi connectivity index (χ1) is 8.88. The number of rotatable bonds is 3. The molecule has 0 aliphatic carbocycles. The van der Waals surface area contributed by atoms with Gasteiger partial charge in [0.1, 0.15) is 6.04 Å². The van der Waals surface area contributed by atoms with E-state index in [9.17, 15) is 13.2 Å². The fourth-order valence-electron chi connectivity index (χ4n) is 2.26. The van der Waals surface area contributed by atoms with Crippen LogP contribution in [-0.4, -0.2) is 47.3 Å². The Morgan fingerprint density at radius 1 is 1.47 bits per heavy atom. The van der Waals surface area contributed by atoms with E-state index in [0.29, 0.717) is 18.8 Å². The van der Waals surface area contributed by atoms with Crippen molar-refractivity contribution in [2.45, 2.75) is 25.3 Å². The number of hydrogen-bond acceptors (Lipinski definition) is 4. The molecule has 2 heterocycles. The van der Waals surface area contributed by atoms with E-state index in [4.69, 9.17) is 0 Å². The average molecular weight is 286 g/mol. The second-order valence-corrected chi connectivity index (χ2v) is 6.68. The second kappa shape index (κ2) is 5.30. The van der Waals surface area contributed by atoms with Crippen molar-refractivity contribution >= 4 is 21.7 Å². The zero-order valence-electron chi connectivity index (χ0n) is 11.0. The van der Waals surface area contributed by atoms with Gasteiger partial charge in [-0.1, -0.05) is 6.42 Å². The molecule has 19 heavy (non-hydrogen) atoms. The van der Waals surface area contributed by atoms with Crippen LogP contribution in [0.3, 0.4) is 0 Å². The molecule has 1 aromatic heterocycles. The summed E-state index contributed by atoms with van der Waals surface area (Å²) in [6, 6.07) is 1.04. The Labute approximate surface area is 112 Å². The summed E-state index contributed by atoms with van der Waals surface area (Å²) in [5.74, 6) is 0.121. The minimum Gasteiger partial charge on any atom is -0.308 e. The maximum atomic E-state index is 12.2. The lowest BCUT2D eigenvalue weighted by atomic mass is 10.0. The molecule has 8 heteroatoms. The molecule has 1 aromatic rings. The van der Waals surface area contributed by atoms with Gasteiger partial charge in [-0.15, -0.1) is 0 Å². The Morgan fingerprint density at radius 3 is 2.79 bits per heavy atom. The Hall–Kier alpha value is -1.41. The van der Waals surface area contributed by atoms with E-state index in [1.807, 2.05) is 0 Å². The summed E-state index contributed by atoms with van der Waals surface area (Å²) in [5, 5.41) is 6.71. The number of piperidine rings is 1. The number of hydrogen-bond donors (Lipinski definition) is 1. The van der Waals surface area contributed by atoms with Gasteiger partial charge >= 0.3 is 0 Å². The highest BCUT2D eigenvalue weighted by atomic mass is 32.2. The largest absolute Gasteiger partial charge is 0.308 e. The van der Waals surface area contributed by atoms with Crippen LogP contribution in [0.2, 0.25) is 0 Å². The smallest absolute Gasteiger partial charge is 0.244 e. The number of sulfonamides is 1. The van der Waals surface area contributed by atoms with Crippen molar-refractivity contribution < 1.29 is 13.2 Å². The van der Waals surface area contributed by atoms with Crippen molar-refractivity contribution in [2.24, 2.45) is 7.05 Å². The van der Waals surface area contributed by atoms with E-state index in [0.717, 1.165) is 19.1 Å². The highest BCUT2D eigenvalue weighted by Gasteiger charge is 2.34. The van der Waals surface area contributed by atoms with Crippen LogP contribution in [0.15, 0.2) is 12.3 Å². The van der Waals surface area contributed by atoms with Gasteiger partial charge in [-0.2, -0.15) is 9.40 Å². The number of anilines is 1. The van der Waals surface area contributed by atoms with Gasteiger partial charge in [0.25, 0.3) is 0 Å². The summed E-state index contributed by atoms with van der Waals surface area (Å²) in [6.07, 6.45) is 5.04. The molecular weight excluding hydrogens is 268 g/mol. The van der Waals surface area contributed by atoms with E-state index in [2.05, 4.69) is 10.4 Å². The number of aryl methyl sites for hydroxylation is 1. The Morgan fingerprint density at radius 2 is 2.21 bits per heavy atom. The van der Waals surface area contributed by atoms with Gasteiger partial charge in [-0.3, -0.25) is 9.48 Å². The van der Waals surface area contributed by atoms with Gasteiger partial charge in [-0.05, 0) is 12.8 Å². The lowest BCUT2D eigenvalue weighted by Gasteiger charge is -2.32. The number of nitrogens with zero attached hydrogens (tertiary/aromatic N) is 3. The predicted octanol–water partition coefficient (Wildman–Crippen LogP) is 0.173. The third-order valence-electron chi connectivity index (χ3n) is 3.15. The Kier molecular flexibility index (Phi) is 3.91. The molecule has 0 spiro atoms. The third kappa shape index (κ3) is 3.32. The first kappa shape index (κ1) is 14.0. The molecule has 0 radical (unpaired) electrons. The lowest BCUT2D eigenvalue weighted by Crippen LogP contribution is -2.49. The van der Waals surface area contributed by atoms with Gasteiger partial charge < -0.3 is 5.32 Å². The first-order valence-electron chi connectivity index (χ1n) is 6.15. The molecular formula is C11H18N4O3S. The van der Waals surface area contributed by atoms with E-state index in [1.54, 1.807) is 24.0 Å². The number of aromatic nitrogens is 2. The summed E-state index contributed by atoms with van der Waals surface area (Å²) in [7, 11) is -1.61. The van der Waals surface area contributed by atoms with E-state index < -0.39 is 16.1 Å². The maximum absolute atomic E-state index is 12.2. The lowest BCUT2D eigenvalue weighted by molar-refractivity contribution is -0.120. The summed E-state index contributed by atoms with van der Waals surface area (Å²) in [4.78, 5) is 12.2. The van der Waals surface area contributed by atoms with Crippen molar-refractivity contribution in [3.63, 3.8) is 0 Å². The fourth-order valence-corrected chi connectivity index (χ4v) is 3.38. The minimum absolute atomic E-state index is 0.316. The number of amides is 1. The summed E-state index contributed by atoms with van der Waals surface area (Å²) >= 11 is 0. The van der Waals surface area contributed by atoms with Crippen LogP contribution in [0.25, 0.3) is 0 Å². The summed E-state index contributed by atoms with van der Waals surface area (Å²) < 4.78 is 26.2. The second-order valence-electron chi connectivity index (χ2n) is 4.75. The van der Waals surface area contributed by atoms with Crippen molar-refractivity contribution in [3.05, 3.63) is 12.3 Å². The molecule has 1 amide bonds. The summed E-state index contributed by atoms with van der Waals surface area (Å²) in [6.45, 7) is 0.402. The normalized spacial score (nSPS) is 21.3. The highest BCUT2D eigenvalue weighted by Crippen LogP contribution is 2.21. The number of carbonyl (C=O) groups excluding carboxylic acids is 1. The standard InChI is InChI=1S/C11H18N4O3S/c1-14-8-6-10(13-14)12-11(16)9-5-3-4-7-15(9)19(2,17)18/h6,8-9H,3-5,7H2,1-2H3,(H,12,13,16)/t9-/m0/s1. The molecule has 0 saturated carbocycles. The molecule has 0 unspecified atom stereocenters. The molecule has 7 nitrogen and oxygen atoms in total. The van der Waals surface area contributed by atoms with Gasteiger partial charge in [-0.25, -0.2) is 8.42 Å². The quantitative estimate of drug-likeness (QED) is 0.858. The van der Waals surface area contributed by atoms with Crippen LogP contribution in [0, 0.1) is 0 Å². The molecule has 106 valence electrons. The molecule has 1 atom stereocenters. The van der Waals surface area contributed by atoms with Crippen molar-refractivity contribution in [1.82, 2.24) is 14.1 Å². The summed E-state index contributed by atoms with van der Waals surface area (Å²) in [5.41, 5.74) is 0. The van der Waals surface area contributed by atoms with Crippen molar-refractivity contribution in [3.8, 4) is 0 Å². The van der Waals surface area contributed by atoms with Gasteiger partial charge in [0.15, 0.2) is 5.82 Å². The molecule has 0 aromatic carbocycles. The van der Waals surface area contributed by atoms with E-state index >= 15 is 0 Å². The number of nitrogens with one attached hydrogen (secondary N) is 1. The Bertz CT molecular complexity index is 566. The fraction of sp³-hybridized carbons (Fsp3) is 0.636. The third-order valence-corrected chi connectivity index (χ3v) is 4.44. The van der Waals surface area contributed by atoms with Crippen LogP contribution in [-0.2, 0) is 21.9 Å². The zero-order chi connectivity index (χ0) is 14.0. The van der Waals surface area contributed by atoms with Gasteiger partial charge in [0.05, 0.1) is 6.26 Å². The SMILES string of the molecule is Cn1ccc(NC(=O)[C@@H]2CCCCN2S(C)(=O)=O)n1. The van der Waals surface area contributed by atoms with Crippen molar-refractivity contribution in [1.29, 1.82) is 0 Å². The number of carbonyl (C=O) groups is 1. The highest BCUT2D eigenvalue weighted by molar-refractivity contribution is 7.88. The minimum atomic E-state index is -3.36. The molecule has 1 aliphatic heterocycles. The van der Waals surface area contributed by atoms with Crippen LogP contribution in [0.4, 0.5) is 5.82 Å². The van der Waals surface area contributed by atoms with Gasteiger partial charge in [0, 0.05) is 25.9 Å². The van der Waals surface area contributed by atoms with Crippen molar-refractivity contribution in [2.75, 3.05) is 18.1 Å². The first-order valence-corrected chi connectivity index (χ1v) is 8.00. The predicted molar refractivity (Wildman–Crippen MR) is 71.0 cm³/mol. The molecule has 1 aliphatic rings. The van der Waals surface area contributed by atoms with E-state index in [1.165, 1.54) is 4.31 Å². The molecule has 2 rings (SSSR count). The molecule has 1 N–H and O–H groups in total.